The van der Waals surface area contributed by atoms with Gasteiger partial charge in [-0.25, -0.2) is 4.68 Å². The number of hydrogen-bond donors (Lipinski definition) is 2. The third kappa shape index (κ3) is 3.43. The van der Waals surface area contributed by atoms with Crippen molar-refractivity contribution in [2.24, 2.45) is 0 Å². The zero-order valence-corrected chi connectivity index (χ0v) is 17.7. The number of rotatable bonds is 5. The van der Waals surface area contributed by atoms with Gasteiger partial charge in [-0.1, -0.05) is 30.3 Å². The van der Waals surface area contributed by atoms with Gasteiger partial charge in [0.15, 0.2) is 0 Å². The fourth-order valence-corrected chi connectivity index (χ4v) is 3.88. The Morgan fingerprint density at radius 1 is 0.875 bits per heavy atom. The van der Waals surface area contributed by atoms with Crippen molar-refractivity contribution < 1.29 is 14.3 Å². The normalized spacial score (nSPS) is 14.8. The lowest BCUT2D eigenvalue weighted by atomic mass is 10.0. The lowest BCUT2D eigenvalue weighted by Gasteiger charge is -2.28. The molecule has 7 nitrogen and oxygen atoms in total. The van der Waals surface area contributed by atoms with Crippen LogP contribution in [0.5, 0.6) is 11.5 Å². The first-order valence-electron chi connectivity index (χ1n) is 10.2. The van der Waals surface area contributed by atoms with E-state index in [2.05, 4.69) is 10.6 Å². The Morgan fingerprint density at radius 2 is 1.66 bits per heavy atom. The van der Waals surface area contributed by atoms with Gasteiger partial charge in [0, 0.05) is 23.0 Å². The Morgan fingerprint density at radius 3 is 2.44 bits per heavy atom. The van der Waals surface area contributed by atoms with Gasteiger partial charge in [0.1, 0.15) is 23.4 Å². The van der Waals surface area contributed by atoms with Crippen molar-refractivity contribution in [1.82, 2.24) is 15.1 Å². The number of methoxy groups -OCH3 is 2. The number of ether oxygens (including phenoxy) is 2. The van der Waals surface area contributed by atoms with Gasteiger partial charge in [0.25, 0.3) is 5.91 Å². The molecular weight excluding hydrogens is 404 g/mol. The van der Waals surface area contributed by atoms with E-state index in [9.17, 15) is 4.79 Å². The van der Waals surface area contributed by atoms with Crippen LogP contribution in [0.3, 0.4) is 0 Å². The average molecular weight is 426 g/mol. The fraction of sp³-hybridized carbons (Fsp3) is 0.120. The van der Waals surface area contributed by atoms with E-state index in [0.717, 1.165) is 22.5 Å². The highest BCUT2D eigenvalue weighted by Gasteiger charge is 2.29. The molecule has 0 bridgehead atoms. The van der Waals surface area contributed by atoms with Gasteiger partial charge in [-0.05, 0) is 42.5 Å². The van der Waals surface area contributed by atoms with E-state index in [1.807, 2.05) is 72.9 Å². The summed E-state index contributed by atoms with van der Waals surface area (Å²) in [6.45, 7) is 0. The summed E-state index contributed by atoms with van der Waals surface area (Å²) in [4.78, 5) is 12.8. The Balaban J connectivity index is 1.68. The molecule has 32 heavy (non-hydrogen) atoms. The van der Waals surface area contributed by atoms with Crippen LogP contribution < -0.4 is 20.1 Å². The maximum atomic E-state index is 12.8. The predicted octanol–water partition coefficient (Wildman–Crippen LogP) is 4.41. The highest BCUT2D eigenvalue weighted by molar-refractivity contribution is 6.01. The van der Waals surface area contributed by atoms with E-state index in [4.69, 9.17) is 14.6 Å². The summed E-state index contributed by atoms with van der Waals surface area (Å²) < 4.78 is 12.9. The van der Waals surface area contributed by atoms with Crippen molar-refractivity contribution in [3.8, 4) is 28.4 Å². The molecule has 1 aliphatic rings. The highest BCUT2D eigenvalue weighted by Crippen LogP contribution is 2.38. The first-order valence-corrected chi connectivity index (χ1v) is 10.2. The average Bonchev–Trinajstić information content (AvgIpc) is 3.29. The predicted molar refractivity (Wildman–Crippen MR) is 122 cm³/mol. The standard InChI is InChI=1S/C25H22N4O3/c1-31-17-12-13-22(32-2)19(14-17)23-20(15-29(28-23)16-8-4-3-5-9-16)24-26-21-11-7-6-10-18(21)25(30)27-24/h3-15,24,26H,1-2H3,(H,27,30). The smallest absolute Gasteiger partial charge is 0.255 e. The third-order valence-electron chi connectivity index (χ3n) is 5.48. The van der Waals surface area contributed by atoms with E-state index in [0.29, 0.717) is 22.8 Å². The Kier molecular flexibility index (Phi) is 4.99. The molecule has 160 valence electrons. The van der Waals surface area contributed by atoms with Gasteiger partial charge in [0.05, 0.1) is 25.5 Å². The van der Waals surface area contributed by atoms with E-state index in [1.54, 1.807) is 25.0 Å². The molecule has 4 aromatic rings. The zero-order chi connectivity index (χ0) is 22.1. The molecule has 7 heteroatoms. The van der Waals surface area contributed by atoms with Crippen LogP contribution in [0, 0.1) is 0 Å². The number of para-hydroxylation sites is 2. The van der Waals surface area contributed by atoms with Crippen LogP contribution in [-0.2, 0) is 0 Å². The number of amides is 1. The molecule has 1 aliphatic heterocycles. The summed E-state index contributed by atoms with van der Waals surface area (Å²) in [5.41, 5.74) is 4.55. The van der Waals surface area contributed by atoms with Gasteiger partial charge in [-0.3, -0.25) is 4.79 Å². The largest absolute Gasteiger partial charge is 0.497 e. The van der Waals surface area contributed by atoms with Crippen molar-refractivity contribution in [2.75, 3.05) is 19.5 Å². The van der Waals surface area contributed by atoms with Crippen LogP contribution in [0.2, 0.25) is 0 Å². The van der Waals surface area contributed by atoms with Gasteiger partial charge in [0.2, 0.25) is 0 Å². The summed E-state index contributed by atoms with van der Waals surface area (Å²) in [7, 11) is 3.24. The molecule has 0 saturated carbocycles. The zero-order valence-electron chi connectivity index (χ0n) is 17.7. The van der Waals surface area contributed by atoms with Crippen molar-refractivity contribution in [3.63, 3.8) is 0 Å². The molecule has 5 rings (SSSR count). The molecule has 3 aromatic carbocycles. The van der Waals surface area contributed by atoms with Crippen LogP contribution in [0.15, 0.2) is 79.0 Å². The fourth-order valence-electron chi connectivity index (χ4n) is 3.88. The molecule has 1 atom stereocenters. The highest BCUT2D eigenvalue weighted by atomic mass is 16.5. The summed E-state index contributed by atoms with van der Waals surface area (Å²) >= 11 is 0. The van der Waals surface area contributed by atoms with Crippen LogP contribution in [0.25, 0.3) is 16.9 Å². The number of benzene rings is 3. The lowest BCUT2D eigenvalue weighted by Crippen LogP contribution is -2.38. The summed E-state index contributed by atoms with van der Waals surface area (Å²) in [6, 6.07) is 22.9. The van der Waals surface area contributed by atoms with Crippen LogP contribution >= 0.6 is 0 Å². The van der Waals surface area contributed by atoms with Crippen molar-refractivity contribution >= 4 is 11.6 Å². The molecule has 1 aromatic heterocycles. The van der Waals surface area contributed by atoms with Crippen LogP contribution in [0.4, 0.5) is 5.69 Å². The van der Waals surface area contributed by atoms with Crippen molar-refractivity contribution in [1.29, 1.82) is 0 Å². The third-order valence-corrected chi connectivity index (χ3v) is 5.48. The molecule has 0 aliphatic carbocycles. The summed E-state index contributed by atoms with van der Waals surface area (Å²) in [5, 5.41) is 11.4. The number of hydrogen-bond acceptors (Lipinski definition) is 5. The number of nitrogens with one attached hydrogen (secondary N) is 2. The molecule has 0 fully saturated rings. The minimum absolute atomic E-state index is 0.139. The Bertz CT molecular complexity index is 1280. The van der Waals surface area contributed by atoms with Crippen LogP contribution in [0.1, 0.15) is 22.1 Å². The summed E-state index contributed by atoms with van der Waals surface area (Å²) in [5.74, 6) is 1.21. The van der Waals surface area contributed by atoms with Crippen LogP contribution in [-0.4, -0.2) is 29.9 Å². The quantitative estimate of drug-likeness (QED) is 0.494. The SMILES string of the molecule is COc1ccc(OC)c(-c2nn(-c3ccccc3)cc2C2NC(=O)c3ccccc3N2)c1. The Labute approximate surface area is 185 Å². The molecule has 1 amide bonds. The van der Waals surface area contributed by atoms with E-state index in [1.165, 1.54) is 0 Å². The van der Waals surface area contributed by atoms with E-state index < -0.39 is 6.17 Å². The monoisotopic (exact) mass is 426 g/mol. The number of carbonyl (C=O) groups excluding carboxylic acids is 1. The molecule has 2 heterocycles. The molecule has 2 N–H and O–H groups in total. The van der Waals surface area contributed by atoms with Crippen molar-refractivity contribution in [2.45, 2.75) is 6.17 Å². The first-order chi connectivity index (χ1) is 15.7. The molecule has 0 radical (unpaired) electrons. The van der Waals surface area contributed by atoms with Crippen molar-refractivity contribution in [3.05, 3.63) is 90.1 Å². The van der Waals surface area contributed by atoms with Gasteiger partial charge in [-0.2, -0.15) is 5.10 Å². The van der Waals surface area contributed by atoms with Gasteiger partial charge in [-0.15, -0.1) is 0 Å². The number of carbonyl (C=O) groups is 1. The second-order valence-corrected chi connectivity index (χ2v) is 7.38. The number of aromatic nitrogens is 2. The van der Waals surface area contributed by atoms with E-state index in [-0.39, 0.29) is 5.91 Å². The minimum Gasteiger partial charge on any atom is -0.497 e. The number of anilines is 1. The van der Waals surface area contributed by atoms with Gasteiger partial charge < -0.3 is 20.1 Å². The molecular formula is C25H22N4O3. The molecule has 0 saturated heterocycles. The summed E-state index contributed by atoms with van der Waals surface area (Å²) in [6.07, 6.45) is 1.45. The topological polar surface area (TPSA) is 77.4 Å². The Hall–Kier alpha value is -4.26. The number of fused-ring (bicyclic) bond motifs is 1. The van der Waals surface area contributed by atoms with Gasteiger partial charge >= 0.3 is 0 Å². The number of nitrogens with zero attached hydrogens (tertiary/aromatic N) is 2. The second kappa shape index (κ2) is 8.11. The molecule has 0 spiro atoms. The maximum absolute atomic E-state index is 12.8. The molecule has 1 unspecified atom stereocenters. The first kappa shape index (κ1) is 19.7. The van der Waals surface area contributed by atoms with E-state index >= 15 is 0 Å². The minimum atomic E-state index is -0.472. The maximum Gasteiger partial charge on any atom is 0.255 e. The lowest BCUT2D eigenvalue weighted by molar-refractivity contribution is 0.0936. The second-order valence-electron chi connectivity index (χ2n) is 7.38.